The van der Waals surface area contributed by atoms with E-state index in [9.17, 15) is 32.3 Å². The van der Waals surface area contributed by atoms with E-state index in [4.69, 9.17) is 15.2 Å². The summed E-state index contributed by atoms with van der Waals surface area (Å²) in [4.78, 5) is 33.4. The molecule has 14 heteroatoms. The number of nitrogens with one attached hydrogen (secondary N) is 1. The summed E-state index contributed by atoms with van der Waals surface area (Å²) in [6.07, 6.45) is -4.27. The number of halogens is 4. The zero-order chi connectivity index (χ0) is 32.4. The molecule has 1 fully saturated rings. The molecule has 5 rings (SSSR count). The average molecular weight is 645 g/mol. The van der Waals surface area contributed by atoms with E-state index < -0.39 is 48.1 Å². The standard InChI is InChI=1S/C31H28F4N4O5S/c1-2-43-28-19(13-26(36)40)12-25(39-27(28)17-3-6-20(32)7-4-17)30(42,31(33,34)35)15-37-29(41)18-5-10-22(23-14-45-16-38-23)24(11-18)44-21-8-9-21/h3-7,10-12,14,16,21,42H,2,8-9,13,15H2,1H3,(H2,36,40)(H,37,41)/t30-/m0/s1. The number of thiazole rings is 1. The molecule has 4 N–H and O–H groups in total. The number of aromatic nitrogens is 2. The summed E-state index contributed by atoms with van der Waals surface area (Å²) in [6, 6.07) is 9.98. The molecule has 0 unspecified atom stereocenters. The average Bonchev–Trinajstić information content (AvgIpc) is 3.64. The van der Waals surface area contributed by atoms with Crippen LogP contribution in [0.5, 0.6) is 11.5 Å². The zero-order valence-electron chi connectivity index (χ0n) is 23.9. The van der Waals surface area contributed by atoms with E-state index >= 15 is 0 Å². The molecule has 45 heavy (non-hydrogen) atoms. The molecule has 0 bridgehead atoms. The van der Waals surface area contributed by atoms with Crippen molar-refractivity contribution in [2.24, 2.45) is 5.73 Å². The van der Waals surface area contributed by atoms with Crippen LogP contribution >= 0.6 is 11.3 Å². The van der Waals surface area contributed by atoms with Crippen LogP contribution in [0.1, 0.15) is 41.4 Å². The van der Waals surface area contributed by atoms with Gasteiger partial charge in [-0.25, -0.2) is 14.4 Å². The summed E-state index contributed by atoms with van der Waals surface area (Å²) in [5.41, 5.74) is 3.51. The molecule has 1 aliphatic carbocycles. The summed E-state index contributed by atoms with van der Waals surface area (Å²) in [6.45, 7) is 0.332. The predicted molar refractivity (Wildman–Crippen MR) is 157 cm³/mol. The number of rotatable bonds is 12. The van der Waals surface area contributed by atoms with Gasteiger partial charge in [-0.05, 0) is 68.3 Å². The highest BCUT2D eigenvalue weighted by molar-refractivity contribution is 7.07. The number of nitrogens with zero attached hydrogens (tertiary/aromatic N) is 2. The maximum Gasteiger partial charge on any atom is 0.424 e. The molecule has 4 aromatic rings. The number of aliphatic hydroxyl groups is 1. The van der Waals surface area contributed by atoms with Gasteiger partial charge in [-0.15, -0.1) is 11.3 Å². The molecule has 2 amide bonds. The van der Waals surface area contributed by atoms with Crippen LogP contribution in [0.2, 0.25) is 0 Å². The first-order valence-electron chi connectivity index (χ1n) is 13.9. The topological polar surface area (TPSA) is 137 Å². The second-order valence-corrected chi connectivity index (χ2v) is 11.1. The number of hydrogen-bond donors (Lipinski definition) is 3. The van der Waals surface area contributed by atoms with Crippen LogP contribution in [0.15, 0.2) is 59.4 Å². The minimum Gasteiger partial charge on any atom is -0.491 e. The minimum absolute atomic E-state index is 0.00442. The molecule has 0 aliphatic heterocycles. The highest BCUT2D eigenvalue weighted by atomic mass is 32.1. The zero-order valence-corrected chi connectivity index (χ0v) is 24.7. The number of nitrogens with two attached hydrogens (primary N) is 1. The molecule has 2 aromatic heterocycles. The molecule has 2 aromatic carbocycles. The lowest BCUT2D eigenvalue weighted by Gasteiger charge is -2.31. The van der Waals surface area contributed by atoms with Crippen LogP contribution in [0.4, 0.5) is 17.6 Å². The number of ether oxygens (including phenoxy) is 2. The van der Waals surface area contributed by atoms with Crippen molar-refractivity contribution in [2.45, 2.75) is 44.1 Å². The van der Waals surface area contributed by atoms with Crippen molar-refractivity contribution in [3.8, 4) is 34.0 Å². The van der Waals surface area contributed by atoms with E-state index in [1.165, 1.54) is 35.6 Å². The van der Waals surface area contributed by atoms with Crippen molar-refractivity contribution >= 4 is 23.2 Å². The van der Waals surface area contributed by atoms with Gasteiger partial charge in [0.05, 0.1) is 42.6 Å². The summed E-state index contributed by atoms with van der Waals surface area (Å²) >= 11 is 1.37. The Hall–Kier alpha value is -4.56. The van der Waals surface area contributed by atoms with Crippen molar-refractivity contribution in [2.75, 3.05) is 13.2 Å². The number of pyridine rings is 1. The fraction of sp³-hybridized carbons (Fsp3) is 0.290. The third-order valence-corrected chi connectivity index (χ3v) is 7.57. The van der Waals surface area contributed by atoms with E-state index in [0.29, 0.717) is 17.0 Å². The van der Waals surface area contributed by atoms with Gasteiger partial charge in [-0.3, -0.25) is 9.59 Å². The van der Waals surface area contributed by atoms with Gasteiger partial charge in [0.15, 0.2) is 0 Å². The number of carbonyl (C=O) groups is 2. The van der Waals surface area contributed by atoms with E-state index in [0.717, 1.165) is 31.0 Å². The number of primary amides is 1. The van der Waals surface area contributed by atoms with E-state index in [-0.39, 0.29) is 40.8 Å². The van der Waals surface area contributed by atoms with Gasteiger partial charge in [0.2, 0.25) is 11.5 Å². The summed E-state index contributed by atoms with van der Waals surface area (Å²) in [7, 11) is 0. The van der Waals surface area contributed by atoms with Crippen molar-refractivity contribution in [3.05, 3.63) is 82.1 Å². The van der Waals surface area contributed by atoms with E-state index in [1.807, 2.05) is 0 Å². The summed E-state index contributed by atoms with van der Waals surface area (Å²) in [5.74, 6) is -2.10. The number of alkyl halides is 3. The van der Waals surface area contributed by atoms with Gasteiger partial charge < -0.3 is 25.6 Å². The molecule has 0 radical (unpaired) electrons. The number of carbonyl (C=O) groups excluding carboxylic acids is 2. The van der Waals surface area contributed by atoms with Gasteiger partial charge in [0.25, 0.3) is 5.91 Å². The molecule has 236 valence electrons. The first kappa shape index (κ1) is 31.9. The lowest BCUT2D eigenvalue weighted by atomic mass is 9.93. The maximum atomic E-state index is 14.7. The largest absolute Gasteiger partial charge is 0.491 e. The highest BCUT2D eigenvalue weighted by Crippen LogP contribution is 2.42. The third kappa shape index (κ3) is 7.07. The fourth-order valence-corrected chi connectivity index (χ4v) is 5.11. The Labute approximate surface area is 259 Å². The molecular weight excluding hydrogens is 616 g/mol. The van der Waals surface area contributed by atoms with Crippen LogP contribution in [0.3, 0.4) is 0 Å². The molecule has 0 spiro atoms. The Balaban J connectivity index is 1.52. The predicted octanol–water partition coefficient (Wildman–Crippen LogP) is 5.16. The first-order chi connectivity index (χ1) is 21.4. The molecule has 1 aliphatic rings. The van der Waals surface area contributed by atoms with Gasteiger partial charge in [-0.2, -0.15) is 13.2 Å². The Morgan fingerprint density at radius 1 is 1.13 bits per heavy atom. The smallest absolute Gasteiger partial charge is 0.424 e. The van der Waals surface area contributed by atoms with Crippen LogP contribution in [0, 0.1) is 5.82 Å². The van der Waals surface area contributed by atoms with Gasteiger partial charge in [0, 0.05) is 27.6 Å². The first-order valence-corrected chi connectivity index (χ1v) is 14.8. The monoisotopic (exact) mass is 644 g/mol. The SMILES string of the molecule is CCOc1c(CC(N)=O)cc([C@@](O)(CNC(=O)c2ccc(-c3cscn3)c(OC3CC3)c2)C(F)(F)F)nc1-c1ccc(F)cc1. The van der Waals surface area contributed by atoms with Gasteiger partial charge >= 0.3 is 6.18 Å². The minimum atomic E-state index is -5.35. The second kappa shape index (κ2) is 12.8. The van der Waals surface area contributed by atoms with E-state index in [2.05, 4.69) is 15.3 Å². The number of benzene rings is 2. The molecule has 2 heterocycles. The summed E-state index contributed by atoms with van der Waals surface area (Å²) < 4.78 is 69.2. The Bertz CT molecular complexity index is 1700. The van der Waals surface area contributed by atoms with Crippen LogP contribution in [-0.2, 0) is 16.8 Å². The summed E-state index contributed by atoms with van der Waals surface area (Å²) in [5, 5.41) is 15.2. The van der Waals surface area contributed by atoms with Crippen molar-refractivity contribution in [3.63, 3.8) is 0 Å². The van der Waals surface area contributed by atoms with Gasteiger partial charge in [0.1, 0.15) is 23.0 Å². The lowest BCUT2D eigenvalue weighted by Crippen LogP contribution is -2.51. The molecule has 0 saturated heterocycles. The maximum absolute atomic E-state index is 14.7. The molecular formula is C31H28F4N4O5S. The number of hydrogen-bond acceptors (Lipinski definition) is 8. The highest BCUT2D eigenvalue weighted by Gasteiger charge is 2.56. The van der Waals surface area contributed by atoms with Crippen molar-refractivity contribution in [1.29, 1.82) is 0 Å². The van der Waals surface area contributed by atoms with Crippen molar-refractivity contribution in [1.82, 2.24) is 15.3 Å². The van der Waals surface area contributed by atoms with Crippen LogP contribution < -0.4 is 20.5 Å². The Kier molecular flexibility index (Phi) is 9.07. The molecule has 9 nitrogen and oxygen atoms in total. The van der Waals surface area contributed by atoms with Crippen molar-refractivity contribution < 1.29 is 41.7 Å². The van der Waals surface area contributed by atoms with E-state index in [1.54, 1.807) is 23.9 Å². The quantitative estimate of drug-likeness (QED) is 0.181. The fourth-order valence-electron chi connectivity index (χ4n) is 4.56. The normalized spacial score (nSPS) is 14.4. The molecule has 1 saturated carbocycles. The van der Waals surface area contributed by atoms with Crippen LogP contribution in [-0.4, -0.2) is 52.3 Å². The molecule has 1 atom stereocenters. The van der Waals surface area contributed by atoms with Crippen LogP contribution in [0.25, 0.3) is 22.5 Å². The second-order valence-electron chi connectivity index (χ2n) is 10.4. The number of amides is 2. The Morgan fingerprint density at radius 3 is 2.47 bits per heavy atom. The van der Waals surface area contributed by atoms with Gasteiger partial charge in [-0.1, -0.05) is 0 Å². The third-order valence-electron chi connectivity index (χ3n) is 6.99. The Morgan fingerprint density at radius 2 is 1.87 bits per heavy atom. The lowest BCUT2D eigenvalue weighted by molar-refractivity contribution is -0.265.